The summed E-state index contributed by atoms with van der Waals surface area (Å²) in [5.41, 5.74) is 1.67. The van der Waals surface area contributed by atoms with E-state index in [4.69, 9.17) is 9.84 Å². The van der Waals surface area contributed by atoms with Crippen molar-refractivity contribution >= 4 is 5.97 Å². The number of hydrogen-bond acceptors (Lipinski definition) is 2. The van der Waals surface area contributed by atoms with Gasteiger partial charge in [-0.05, 0) is 54.9 Å². The van der Waals surface area contributed by atoms with Crippen LogP contribution in [0.2, 0.25) is 0 Å². The van der Waals surface area contributed by atoms with Crippen LogP contribution in [0.4, 0.5) is 13.2 Å². The molecule has 0 saturated carbocycles. The number of halogens is 3. The van der Waals surface area contributed by atoms with E-state index in [1.807, 2.05) is 0 Å². The molecule has 0 fully saturated rings. The smallest absolute Gasteiger partial charge is 0.416 e. The Kier molecular flexibility index (Phi) is 6.14. The van der Waals surface area contributed by atoms with Crippen molar-refractivity contribution in [2.24, 2.45) is 5.92 Å². The molecule has 1 aromatic carbocycles. The van der Waals surface area contributed by atoms with Crippen LogP contribution >= 0.6 is 0 Å². The number of alkyl halides is 3. The Labute approximate surface area is 145 Å². The highest BCUT2D eigenvalue weighted by molar-refractivity contribution is 5.67. The molecule has 0 saturated heterocycles. The second-order valence-corrected chi connectivity index (χ2v) is 6.64. The number of aliphatic carboxylic acids is 1. The van der Waals surface area contributed by atoms with Gasteiger partial charge in [-0.15, -0.1) is 0 Å². The lowest BCUT2D eigenvalue weighted by molar-refractivity contribution is -0.140. The third kappa shape index (κ3) is 5.25. The lowest BCUT2D eigenvalue weighted by atomic mass is 10.00. The van der Waals surface area contributed by atoms with Crippen molar-refractivity contribution in [3.8, 4) is 5.75 Å². The summed E-state index contributed by atoms with van der Waals surface area (Å²) < 4.78 is 45.4. The summed E-state index contributed by atoms with van der Waals surface area (Å²) in [4.78, 5) is 10.6. The largest absolute Gasteiger partial charge is 0.489 e. The van der Waals surface area contributed by atoms with Crippen molar-refractivity contribution in [1.82, 2.24) is 0 Å². The van der Waals surface area contributed by atoms with E-state index in [9.17, 15) is 18.0 Å². The third-order valence-electron chi connectivity index (χ3n) is 4.48. The molecule has 0 amide bonds. The molecule has 0 heterocycles. The average Bonchev–Trinajstić information content (AvgIpc) is 2.99. The molecule has 0 radical (unpaired) electrons. The van der Waals surface area contributed by atoms with Crippen LogP contribution < -0.4 is 4.74 Å². The zero-order chi connectivity index (χ0) is 18.6. The zero-order valence-electron chi connectivity index (χ0n) is 14.4. The van der Waals surface area contributed by atoms with Crippen LogP contribution in [0.15, 0.2) is 29.3 Å². The predicted octanol–water partition coefficient (Wildman–Crippen LogP) is 5.24. The van der Waals surface area contributed by atoms with Gasteiger partial charge < -0.3 is 9.84 Å². The number of allylic oxidation sites excluding steroid dienone is 1. The summed E-state index contributed by atoms with van der Waals surface area (Å²) in [5.74, 6) is -0.540. The molecule has 138 valence electrons. The number of ether oxygens (including phenoxy) is 1. The average molecular weight is 356 g/mol. The first kappa shape index (κ1) is 19.3. The molecule has 25 heavy (non-hydrogen) atoms. The van der Waals surface area contributed by atoms with Crippen LogP contribution in [0.1, 0.15) is 50.7 Å². The lowest BCUT2D eigenvalue weighted by Gasteiger charge is -2.16. The van der Waals surface area contributed by atoms with E-state index in [-0.39, 0.29) is 24.2 Å². The molecule has 1 aliphatic rings. The fraction of sp³-hybridized carbons (Fsp3) is 0.526. The van der Waals surface area contributed by atoms with Gasteiger partial charge in [0.05, 0.1) is 5.56 Å². The van der Waals surface area contributed by atoms with Gasteiger partial charge in [-0.25, -0.2) is 0 Å². The Hall–Kier alpha value is -1.98. The van der Waals surface area contributed by atoms with Gasteiger partial charge in [-0.1, -0.05) is 25.5 Å². The Morgan fingerprint density at radius 1 is 1.28 bits per heavy atom. The summed E-state index contributed by atoms with van der Waals surface area (Å²) in [7, 11) is 0. The van der Waals surface area contributed by atoms with E-state index in [2.05, 4.69) is 13.8 Å². The van der Waals surface area contributed by atoms with Crippen LogP contribution in [0.3, 0.4) is 0 Å². The Morgan fingerprint density at radius 2 is 2.00 bits per heavy atom. The van der Waals surface area contributed by atoms with Gasteiger partial charge in [0.1, 0.15) is 12.4 Å². The SMILES string of the molecule is CC(C)C1=C(COc2ccc(CCC(=O)O)c(C(F)(F)F)c2)CCC1. The highest BCUT2D eigenvalue weighted by Gasteiger charge is 2.33. The molecule has 0 unspecified atom stereocenters. The molecule has 0 bridgehead atoms. The molecule has 0 aromatic heterocycles. The molecular formula is C19H23F3O3. The van der Waals surface area contributed by atoms with Gasteiger partial charge in [0.15, 0.2) is 0 Å². The topological polar surface area (TPSA) is 46.5 Å². The molecule has 0 spiro atoms. The molecule has 1 N–H and O–H groups in total. The minimum atomic E-state index is -4.54. The van der Waals surface area contributed by atoms with Gasteiger partial charge in [0.25, 0.3) is 0 Å². The van der Waals surface area contributed by atoms with Crippen molar-refractivity contribution in [3.63, 3.8) is 0 Å². The number of rotatable bonds is 7. The molecule has 0 aliphatic heterocycles. The van der Waals surface area contributed by atoms with Crippen LogP contribution in [-0.4, -0.2) is 17.7 Å². The highest BCUT2D eigenvalue weighted by Crippen LogP contribution is 2.36. The summed E-state index contributed by atoms with van der Waals surface area (Å²) in [6.45, 7) is 4.53. The van der Waals surface area contributed by atoms with Crippen molar-refractivity contribution in [2.45, 2.75) is 52.1 Å². The number of carbonyl (C=O) groups is 1. The van der Waals surface area contributed by atoms with E-state index in [0.29, 0.717) is 12.5 Å². The van der Waals surface area contributed by atoms with E-state index < -0.39 is 17.7 Å². The van der Waals surface area contributed by atoms with Crippen LogP contribution in [0, 0.1) is 5.92 Å². The second kappa shape index (κ2) is 7.93. The van der Waals surface area contributed by atoms with Gasteiger partial charge >= 0.3 is 12.1 Å². The zero-order valence-corrected chi connectivity index (χ0v) is 14.4. The Morgan fingerprint density at radius 3 is 2.60 bits per heavy atom. The molecule has 2 rings (SSSR count). The summed E-state index contributed by atoms with van der Waals surface area (Å²) in [6.07, 6.45) is -2.02. The first-order valence-corrected chi connectivity index (χ1v) is 8.44. The van der Waals surface area contributed by atoms with Crippen molar-refractivity contribution in [1.29, 1.82) is 0 Å². The van der Waals surface area contributed by atoms with Gasteiger partial charge in [-0.3, -0.25) is 4.79 Å². The van der Waals surface area contributed by atoms with Crippen molar-refractivity contribution in [2.75, 3.05) is 6.61 Å². The minimum absolute atomic E-state index is 0.0230. The van der Waals surface area contributed by atoms with Gasteiger partial charge in [0.2, 0.25) is 0 Å². The number of carboxylic acid groups (broad SMARTS) is 1. The van der Waals surface area contributed by atoms with Crippen molar-refractivity contribution < 1.29 is 27.8 Å². The highest BCUT2D eigenvalue weighted by atomic mass is 19.4. The molecule has 1 aliphatic carbocycles. The summed E-state index contributed by atoms with van der Waals surface area (Å²) in [5, 5.41) is 8.69. The molecular weight excluding hydrogens is 333 g/mol. The third-order valence-corrected chi connectivity index (χ3v) is 4.48. The van der Waals surface area contributed by atoms with Gasteiger partial charge in [0, 0.05) is 6.42 Å². The summed E-state index contributed by atoms with van der Waals surface area (Å²) in [6, 6.07) is 3.77. The number of aryl methyl sites for hydroxylation is 1. The second-order valence-electron chi connectivity index (χ2n) is 6.64. The van der Waals surface area contributed by atoms with Crippen molar-refractivity contribution in [3.05, 3.63) is 40.5 Å². The van der Waals surface area contributed by atoms with Crippen LogP contribution in [-0.2, 0) is 17.4 Å². The maximum absolute atomic E-state index is 13.2. The maximum Gasteiger partial charge on any atom is 0.416 e. The monoisotopic (exact) mass is 356 g/mol. The fourth-order valence-corrected chi connectivity index (χ4v) is 3.23. The van der Waals surface area contributed by atoms with E-state index >= 15 is 0 Å². The first-order chi connectivity index (χ1) is 11.7. The quantitative estimate of drug-likeness (QED) is 0.680. The minimum Gasteiger partial charge on any atom is -0.489 e. The molecule has 6 heteroatoms. The van der Waals surface area contributed by atoms with Gasteiger partial charge in [-0.2, -0.15) is 13.2 Å². The molecule has 1 aromatic rings. The van der Waals surface area contributed by atoms with E-state index in [0.717, 1.165) is 25.3 Å². The Balaban J connectivity index is 2.16. The number of hydrogen-bond donors (Lipinski definition) is 1. The van der Waals surface area contributed by atoms with Crippen LogP contribution in [0.5, 0.6) is 5.75 Å². The van der Waals surface area contributed by atoms with E-state index in [1.165, 1.54) is 23.3 Å². The van der Waals surface area contributed by atoms with Crippen LogP contribution in [0.25, 0.3) is 0 Å². The lowest BCUT2D eigenvalue weighted by Crippen LogP contribution is -2.11. The van der Waals surface area contributed by atoms with E-state index in [1.54, 1.807) is 0 Å². The maximum atomic E-state index is 13.2. The number of carboxylic acids is 1. The molecule has 0 atom stereocenters. The Bertz CT molecular complexity index is 660. The standard InChI is InChI=1S/C19H23F3O3/c1-12(2)16-5-3-4-14(16)11-25-15-8-6-13(7-9-18(23)24)17(10-15)19(20,21)22/h6,8,10,12H,3-5,7,9,11H2,1-2H3,(H,23,24). The predicted molar refractivity (Wildman–Crippen MR) is 88.6 cm³/mol. The first-order valence-electron chi connectivity index (χ1n) is 8.44. The number of benzene rings is 1. The molecule has 3 nitrogen and oxygen atoms in total. The summed E-state index contributed by atoms with van der Waals surface area (Å²) >= 11 is 0. The fourth-order valence-electron chi connectivity index (χ4n) is 3.23. The normalized spacial score (nSPS) is 15.1.